The molecule has 0 saturated carbocycles. The number of aliphatic hydroxyl groups excluding tert-OH is 11. The Labute approximate surface area is 508 Å². The van der Waals surface area contributed by atoms with Crippen molar-refractivity contribution in [1.82, 2.24) is 16.0 Å². The van der Waals surface area contributed by atoms with Gasteiger partial charge in [0.1, 0.15) is 103 Å². The topological polar surface area (TPSA) is 477 Å². The molecule has 0 bridgehead atoms. The molecule has 4 aliphatic heterocycles. The van der Waals surface area contributed by atoms with Crippen LogP contribution in [-0.4, -0.2) is 331 Å². The van der Waals surface area contributed by atoms with Crippen molar-refractivity contribution in [1.29, 1.82) is 0 Å². The van der Waals surface area contributed by atoms with Crippen molar-refractivity contribution in [3.8, 4) is 0 Å². The Balaban J connectivity index is 1.30. The lowest BCUT2D eigenvalue weighted by Crippen LogP contribution is -2.63. The zero-order valence-electron chi connectivity index (χ0n) is 47.1. The summed E-state index contributed by atoms with van der Waals surface area (Å²) >= 11 is 5.33. The van der Waals surface area contributed by atoms with Crippen LogP contribution in [0, 0.1) is 0 Å². The lowest BCUT2D eigenvalue weighted by molar-refractivity contribution is -0.348. The molecular formula is C50H87N3O28S4. The number of carbonyl (C=O) groups excluding carboxylic acids is 3. The van der Waals surface area contributed by atoms with Gasteiger partial charge in [0.15, 0.2) is 18.9 Å². The van der Waals surface area contributed by atoms with Gasteiger partial charge in [-0.05, 0) is 36.5 Å². The summed E-state index contributed by atoms with van der Waals surface area (Å²) in [5, 5.41) is 142. The molecule has 4 aliphatic rings. The van der Waals surface area contributed by atoms with Gasteiger partial charge < -0.3 is 130 Å². The number of ether oxygens (including phenoxy) is 10. The first kappa shape index (κ1) is 75.4. The molecule has 20 atom stereocenters. The Morgan fingerprint density at radius 3 is 1.20 bits per heavy atom. The average Bonchev–Trinajstić information content (AvgIpc) is 3.63. The zero-order chi connectivity index (χ0) is 62.4. The lowest BCUT2D eigenvalue weighted by Gasteiger charge is -2.45. The van der Waals surface area contributed by atoms with E-state index in [1.54, 1.807) is 0 Å². The van der Waals surface area contributed by atoms with E-state index in [-0.39, 0.29) is 69.6 Å². The minimum atomic E-state index is -1.71. The van der Waals surface area contributed by atoms with Gasteiger partial charge in [-0.1, -0.05) is 0 Å². The van der Waals surface area contributed by atoms with Crippen molar-refractivity contribution in [3.05, 3.63) is 0 Å². The number of hydrogen-bond acceptors (Lipinski definition) is 30. The van der Waals surface area contributed by atoms with Crippen molar-refractivity contribution >= 4 is 76.7 Å². The number of carboxylic acids is 2. The lowest BCUT2D eigenvalue weighted by atomic mass is 9.97. The Kier molecular flexibility index (Phi) is 36.6. The molecule has 4 heterocycles. The number of carboxylic acid groups (broad SMARTS) is 2. The van der Waals surface area contributed by atoms with Crippen LogP contribution in [0.4, 0.5) is 0 Å². The van der Waals surface area contributed by atoms with Gasteiger partial charge in [0.2, 0.25) is 17.7 Å². The molecule has 0 aromatic carbocycles. The highest BCUT2D eigenvalue weighted by Gasteiger charge is 2.51. The monoisotopic (exact) mass is 1310 g/mol. The van der Waals surface area contributed by atoms with Crippen molar-refractivity contribution in [2.45, 2.75) is 167 Å². The number of nitrogens with one attached hydrogen (secondary N) is 3. The van der Waals surface area contributed by atoms with E-state index < -0.39 is 166 Å². The van der Waals surface area contributed by atoms with Gasteiger partial charge >= 0.3 is 11.9 Å². The standard InChI is InChI=1S/C50H87N3O28S4/c1-72-47-44(73-12-2-15-82-18-9-51-30(56)5-7-33(59)60)41(69)37(65)28(79-47)23-77-49-46(75-14-4-16-83-19-10-52-31(57)6-8-34(61)62)42(70)38(66)29(80-49)24-76-48-45(40(68)36(64)26(21-54)78-48)74-13-3-17-84-20-11-53-32(58)25-85-50-43(71)39(67)35(63)27(22-55)81-50/h26-29,35-50,54-55,63-71H,2-25H2,1H3,(H,51,56)(H,52,57)(H,53,58)(H,59,60)(H,61,62)/t26-,27?,28-,29-,35-,36-,37-,38-,39?,40+,41+,42+,43?,44-,45-,46-,47+,48+,49+,50-/m1/s1. The van der Waals surface area contributed by atoms with Crippen molar-refractivity contribution in [2.75, 3.05) is 113 Å². The van der Waals surface area contributed by atoms with E-state index in [0.717, 1.165) is 11.8 Å². The Morgan fingerprint density at radius 2 is 0.788 bits per heavy atom. The van der Waals surface area contributed by atoms with E-state index in [0.29, 0.717) is 66.9 Å². The smallest absolute Gasteiger partial charge is 0.303 e. The van der Waals surface area contributed by atoms with Crippen LogP contribution in [0.5, 0.6) is 0 Å². The summed E-state index contributed by atoms with van der Waals surface area (Å²) in [6.45, 7) is -1.31. The molecule has 35 heteroatoms. The highest BCUT2D eigenvalue weighted by molar-refractivity contribution is 8.00. The Morgan fingerprint density at radius 1 is 0.424 bits per heavy atom. The molecule has 4 rings (SSSR count). The molecule has 85 heavy (non-hydrogen) atoms. The van der Waals surface area contributed by atoms with Gasteiger partial charge in [0, 0.05) is 76.7 Å². The number of aliphatic hydroxyl groups is 11. The van der Waals surface area contributed by atoms with Crippen molar-refractivity contribution < 1.29 is 138 Å². The SMILES string of the molecule is CO[C@H]1O[C@H](CO[C@H]2O[C@H](CO[C@H]3O[C@H](CO)[C@@H](O)[C@H](O)[C@H]3OCCCSCCNC(=O)CS[C@H]3OC(CO)[C@@H](O)C(O)C3O)[C@@H](O)[C@H](O)[C@H]2OCCCSCCNC(=O)CCC(=O)O)[C@@H](O)[C@H](O)[C@H]1OCCCSCCNC(=O)CCC(=O)O. The molecular weight excluding hydrogens is 1220 g/mol. The fraction of sp³-hybridized carbons (Fsp3) is 0.900. The van der Waals surface area contributed by atoms with Crippen LogP contribution in [0.3, 0.4) is 0 Å². The fourth-order valence-corrected chi connectivity index (χ4v) is 12.1. The van der Waals surface area contributed by atoms with E-state index in [9.17, 15) is 80.1 Å². The Bertz CT molecular complexity index is 1930. The molecule has 31 nitrogen and oxygen atoms in total. The van der Waals surface area contributed by atoms with Crippen LogP contribution >= 0.6 is 47.0 Å². The summed E-state index contributed by atoms with van der Waals surface area (Å²) in [7, 11) is 1.31. The third-order valence-corrected chi connectivity index (χ3v) is 17.8. The molecule has 0 aromatic heterocycles. The summed E-state index contributed by atoms with van der Waals surface area (Å²) in [6, 6.07) is 0. The fourth-order valence-electron chi connectivity index (χ4n) is 8.78. The third kappa shape index (κ3) is 26.0. The maximum atomic E-state index is 12.4. The second-order valence-corrected chi connectivity index (χ2v) is 24.7. The largest absolute Gasteiger partial charge is 0.481 e. The van der Waals surface area contributed by atoms with Crippen LogP contribution in [0.2, 0.25) is 0 Å². The summed E-state index contributed by atoms with van der Waals surface area (Å²) in [6.07, 6.45) is -27.0. The molecule has 16 N–H and O–H groups in total. The zero-order valence-corrected chi connectivity index (χ0v) is 50.4. The molecule has 494 valence electrons. The normalized spacial score (nSPS) is 33.3. The van der Waals surface area contributed by atoms with Gasteiger partial charge in [0.05, 0.1) is 45.0 Å². The molecule has 0 aliphatic carbocycles. The van der Waals surface area contributed by atoms with Gasteiger partial charge in [-0.25, -0.2) is 0 Å². The van der Waals surface area contributed by atoms with Crippen molar-refractivity contribution in [3.63, 3.8) is 0 Å². The molecule has 0 spiro atoms. The van der Waals surface area contributed by atoms with Crippen LogP contribution < -0.4 is 16.0 Å². The van der Waals surface area contributed by atoms with E-state index in [2.05, 4.69) is 16.0 Å². The number of rotatable bonds is 42. The van der Waals surface area contributed by atoms with Crippen LogP contribution in [-0.2, 0) is 71.3 Å². The molecule has 4 saturated heterocycles. The molecule has 3 amide bonds. The maximum absolute atomic E-state index is 12.4. The van der Waals surface area contributed by atoms with Gasteiger partial charge in [-0.15, -0.1) is 11.8 Å². The second-order valence-electron chi connectivity index (χ2n) is 19.9. The third-order valence-electron chi connectivity index (χ3n) is 13.5. The van der Waals surface area contributed by atoms with E-state index >= 15 is 0 Å². The second kappa shape index (κ2) is 41.3. The first-order chi connectivity index (χ1) is 40.7. The number of methoxy groups -OCH3 is 1. The molecule has 0 aromatic rings. The van der Waals surface area contributed by atoms with Crippen LogP contribution in [0.1, 0.15) is 44.9 Å². The van der Waals surface area contributed by atoms with Crippen molar-refractivity contribution in [2.24, 2.45) is 0 Å². The maximum Gasteiger partial charge on any atom is 0.303 e. The number of carbonyl (C=O) groups is 5. The predicted octanol–water partition coefficient (Wildman–Crippen LogP) is -5.86. The van der Waals surface area contributed by atoms with Gasteiger partial charge in [-0.2, -0.15) is 35.3 Å². The number of thioether (sulfide) groups is 4. The number of aliphatic carboxylic acids is 2. The minimum absolute atomic E-state index is 0.00959. The summed E-state index contributed by atoms with van der Waals surface area (Å²) in [4.78, 5) is 57.5. The van der Waals surface area contributed by atoms with Gasteiger partial charge in [0.25, 0.3) is 0 Å². The molecule has 3 unspecified atom stereocenters. The summed E-state index contributed by atoms with van der Waals surface area (Å²) < 4.78 is 58.8. The summed E-state index contributed by atoms with van der Waals surface area (Å²) in [5.41, 5.74) is -1.05. The van der Waals surface area contributed by atoms with Crippen LogP contribution in [0.15, 0.2) is 0 Å². The van der Waals surface area contributed by atoms with Crippen LogP contribution in [0.25, 0.3) is 0 Å². The predicted molar refractivity (Wildman–Crippen MR) is 302 cm³/mol. The average molecular weight is 1310 g/mol. The van der Waals surface area contributed by atoms with E-state index in [1.807, 2.05) is 0 Å². The Hall–Kier alpha value is -2.09. The van der Waals surface area contributed by atoms with E-state index in [1.165, 1.54) is 42.4 Å². The van der Waals surface area contributed by atoms with Gasteiger partial charge in [-0.3, -0.25) is 24.0 Å². The summed E-state index contributed by atoms with van der Waals surface area (Å²) in [5.74, 6) is -0.237. The highest BCUT2D eigenvalue weighted by Crippen LogP contribution is 2.32. The molecule has 4 fully saturated rings. The van der Waals surface area contributed by atoms with E-state index in [4.69, 9.17) is 57.6 Å². The number of amides is 3. The molecule has 0 radical (unpaired) electrons. The number of hydrogen-bond donors (Lipinski definition) is 16. The first-order valence-corrected chi connectivity index (χ1v) is 32.4. The first-order valence-electron chi connectivity index (χ1n) is 27.9. The quantitative estimate of drug-likeness (QED) is 0.0253. The minimum Gasteiger partial charge on any atom is -0.481 e. The highest BCUT2D eigenvalue weighted by atomic mass is 32.2.